The van der Waals surface area contributed by atoms with Crippen molar-refractivity contribution < 1.29 is 4.74 Å². The fraction of sp³-hybridized carbons (Fsp3) is 1.00. The molecule has 0 bridgehead atoms. The van der Waals surface area contributed by atoms with E-state index in [1.54, 1.807) is 7.11 Å². The van der Waals surface area contributed by atoms with Gasteiger partial charge in [-0.15, -0.1) is 0 Å². The molecule has 0 radical (unpaired) electrons. The van der Waals surface area contributed by atoms with E-state index in [1.807, 2.05) is 0 Å². The Morgan fingerprint density at radius 3 is 2.92 bits per heavy atom. The van der Waals surface area contributed by atoms with Crippen LogP contribution in [0.3, 0.4) is 0 Å². The Labute approximate surface area is 82.0 Å². The molecule has 1 saturated carbocycles. The molecule has 0 aromatic carbocycles. The van der Waals surface area contributed by atoms with E-state index >= 15 is 0 Å². The van der Waals surface area contributed by atoms with Gasteiger partial charge in [0.15, 0.2) is 0 Å². The van der Waals surface area contributed by atoms with Gasteiger partial charge in [0.25, 0.3) is 0 Å². The van der Waals surface area contributed by atoms with Gasteiger partial charge in [-0.2, -0.15) is 0 Å². The molecule has 0 saturated heterocycles. The van der Waals surface area contributed by atoms with Crippen molar-refractivity contribution in [1.82, 2.24) is 5.32 Å². The number of hydrogen-bond donors (Lipinski definition) is 1. The van der Waals surface area contributed by atoms with Crippen molar-refractivity contribution >= 4 is 0 Å². The number of hydrogen-bond acceptors (Lipinski definition) is 2. The quantitative estimate of drug-likeness (QED) is 0.663. The fourth-order valence-electron chi connectivity index (χ4n) is 2.14. The summed E-state index contributed by atoms with van der Waals surface area (Å²) in [6.07, 6.45) is 6.71. The minimum Gasteiger partial charge on any atom is -0.385 e. The van der Waals surface area contributed by atoms with Gasteiger partial charge in [-0.3, -0.25) is 0 Å². The second-order valence-electron chi connectivity index (χ2n) is 4.27. The molecule has 0 spiro atoms. The first-order valence-corrected chi connectivity index (χ1v) is 5.55. The molecule has 1 rings (SSSR count). The highest BCUT2D eigenvalue weighted by atomic mass is 16.5. The predicted molar refractivity (Wildman–Crippen MR) is 55.9 cm³/mol. The third kappa shape index (κ3) is 4.63. The summed E-state index contributed by atoms with van der Waals surface area (Å²) in [6.45, 7) is 4.36. The monoisotopic (exact) mass is 185 g/mol. The van der Waals surface area contributed by atoms with Crippen LogP contribution < -0.4 is 5.32 Å². The maximum absolute atomic E-state index is 5.01. The molecule has 1 N–H and O–H groups in total. The normalized spacial score (nSPS) is 29.1. The van der Waals surface area contributed by atoms with Gasteiger partial charge >= 0.3 is 0 Å². The first-order valence-electron chi connectivity index (χ1n) is 5.55. The van der Waals surface area contributed by atoms with Crippen LogP contribution in [0.15, 0.2) is 0 Å². The second kappa shape index (κ2) is 6.39. The maximum atomic E-state index is 5.01. The van der Waals surface area contributed by atoms with Gasteiger partial charge in [0.1, 0.15) is 0 Å². The van der Waals surface area contributed by atoms with Gasteiger partial charge in [-0.05, 0) is 31.7 Å². The molecule has 0 aromatic rings. The van der Waals surface area contributed by atoms with Gasteiger partial charge in [0.05, 0.1) is 0 Å². The highest BCUT2D eigenvalue weighted by Crippen LogP contribution is 2.23. The van der Waals surface area contributed by atoms with E-state index in [-0.39, 0.29) is 0 Å². The zero-order valence-electron chi connectivity index (χ0n) is 9.01. The number of rotatable bonds is 5. The summed E-state index contributed by atoms with van der Waals surface area (Å²) in [5.74, 6) is 0.925. The fourth-order valence-corrected chi connectivity index (χ4v) is 2.14. The van der Waals surface area contributed by atoms with E-state index in [4.69, 9.17) is 4.74 Å². The Balaban J connectivity index is 2.00. The van der Waals surface area contributed by atoms with Crippen molar-refractivity contribution in [3.8, 4) is 0 Å². The van der Waals surface area contributed by atoms with Crippen molar-refractivity contribution in [1.29, 1.82) is 0 Å². The first kappa shape index (κ1) is 11.0. The van der Waals surface area contributed by atoms with Gasteiger partial charge in [0.2, 0.25) is 0 Å². The predicted octanol–water partition coefficient (Wildman–Crippen LogP) is 2.19. The van der Waals surface area contributed by atoms with Crippen LogP contribution in [0.5, 0.6) is 0 Å². The Morgan fingerprint density at radius 2 is 2.23 bits per heavy atom. The largest absolute Gasteiger partial charge is 0.385 e. The smallest absolute Gasteiger partial charge is 0.0474 e. The summed E-state index contributed by atoms with van der Waals surface area (Å²) in [6, 6.07) is 0.778. The van der Waals surface area contributed by atoms with Crippen LogP contribution in [0.1, 0.15) is 39.0 Å². The lowest BCUT2D eigenvalue weighted by Crippen LogP contribution is -2.34. The highest BCUT2D eigenvalue weighted by molar-refractivity contribution is 4.75. The topological polar surface area (TPSA) is 21.3 Å². The van der Waals surface area contributed by atoms with Crippen LogP contribution in [-0.2, 0) is 4.74 Å². The summed E-state index contributed by atoms with van der Waals surface area (Å²) in [5, 5.41) is 3.61. The zero-order valence-corrected chi connectivity index (χ0v) is 9.01. The SMILES string of the molecule is COCCCN[C@H]1CCC[C@H](C)C1. The second-order valence-corrected chi connectivity index (χ2v) is 4.27. The summed E-state index contributed by atoms with van der Waals surface area (Å²) >= 11 is 0. The lowest BCUT2D eigenvalue weighted by atomic mass is 9.87. The van der Waals surface area contributed by atoms with Gasteiger partial charge in [0, 0.05) is 19.8 Å². The first-order chi connectivity index (χ1) is 6.33. The van der Waals surface area contributed by atoms with E-state index in [0.717, 1.165) is 31.5 Å². The Bertz CT molecular complexity index is 127. The van der Waals surface area contributed by atoms with Crippen molar-refractivity contribution in [2.24, 2.45) is 5.92 Å². The maximum Gasteiger partial charge on any atom is 0.0474 e. The molecule has 1 aliphatic carbocycles. The number of methoxy groups -OCH3 is 1. The molecule has 2 nitrogen and oxygen atoms in total. The molecule has 0 unspecified atom stereocenters. The molecule has 1 aliphatic rings. The minimum atomic E-state index is 0.778. The third-order valence-corrected chi connectivity index (χ3v) is 2.89. The van der Waals surface area contributed by atoms with Crippen molar-refractivity contribution in [2.75, 3.05) is 20.3 Å². The Kier molecular flexibility index (Phi) is 5.40. The van der Waals surface area contributed by atoms with Crippen LogP contribution >= 0.6 is 0 Å². The van der Waals surface area contributed by atoms with E-state index in [1.165, 1.54) is 25.7 Å². The summed E-state index contributed by atoms with van der Waals surface area (Å²) in [4.78, 5) is 0. The minimum absolute atomic E-state index is 0.778. The van der Waals surface area contributed by atoms with E-state index in [2.05, 4.69) is 12.2 Å². The summed E-state index contributed by atoms with van der Waals surface area (Å²) < 4.78 is 5.01. The van der Waals surface area contributed by atoms with E-state index < -0.39 is 0 Å². The zero-order chi connectivity index (χ0) is 9.52. The molecule has 2 atom stereocenters. The molecule has 0 heterocycles. The number of nitrogens with one attached hydrogen (secondary N) is 1. The molecular formula is C11H23NO. The van der Waals surface area contributed by atoms with Crippen molar-refractivity contribution in [3.63, 3.8) is 0 Å². The summed E-state index contributed by atoms with van der Waals surface area (Å²) in [5.41, 5.74) is 0. The standard InChI is InChI=1S/C11H23NO/c1-10-5-3-6-11(9-10)12-7-4-8-13-2/h10-12H,3-9H2,1-2H3/t10-,11-/m0/s1. The van der Waals surface area contributed by atoms with Crippen LogP contribution in [0.4, 0.5) is 0 Å². The molecule has 2 heteroatoms. The van der Waals surface area contributed by atoms with Crippen LogP contribution in [-0.4, -0.2) is 26.3 Å². The van der Waals surface area contributed by atoms with Gasteiger partial charge in [-0.1, -0.05) is 19.8 Å². The highest BCUT2D eigenvalue weighted by Gasteiger charge is 2.17. The Morgan fingerprint density at radius 1 is 1.38 bits per heavy atom. The molecule has 1 fully saturated rings. The molecule has 78 valence electrons. The Hall–Kier alpha value is -0.0800. The van der Waals surface area contributed by atoms with Gasteiger partial charge in [-0.25, -0.2) is 0 Å². The van der Waals surface area contributed by atoms with E-state index in [0.29, 0.717) is 0 Å². The van der Waals surface area contributed by atoms with Crippen molar-refractivity contribution in [3.05, 3.63) is 0 Å². The lowest BCUT2D eigenvalue weighted by molar-refractivity contribution is 0.190. The molecular weight excluding hydrogens is 162 g/mol. The summed E-state index contributed by atoms with van der Waals surface area (Å²) in [7, 11) is 1.77. The van der Waals surface area contributed by atoms with Crippen molar-refractivity contribution in [2.45, 2.75) is 45.1 Å². The number of ether oxygens (including phenoxy) is 1. The van der Waals surface area contributed by atoms with Crippen LogP contribution in [0.25, 0.3) is 0 Å². The van der Waals surface area contributed by atoms with Crippen LogP contribution in [0.2, 0.25) is 0 Å². The molecule has 0 amide bonds. The molecule has 13 heavy (non-hydrogen) atoms. The van der Waals surface area contributed by atoms with Crippen LogP contribution in [0, 0.1) is 5.92 Å². The lowest BCUT2D eigenvalue weighted by Gasteiger charge is -2.27. The average Bonchev–Trinajstić information content (AvgIpc) is 2.13. The van der Waals surface area contributed by atoms with E-state index in [9.17, 15) is 0 Å². The molecule has 0 aliphatic heterocycles. The van der Waals surface area contributed by atoms with Gasteiger partial charge < -0.3 is 10.1 Å². The molecule has 0 aromatic heterocycles. The third-order valence-electron chi connectivity index (χ3n) is 2.89. The average molecular weight is 185 g/mol.